The van der Waals surface area contributed by atoms with Crippen molar-refractivity contribution >= 4 is 58.1 Å². The van der Waals surface area contributed by atoms with Crippen LogP contribution in [0.2, 0.25) is 0 Å². The summed E-state index contributed by atoms with van der Waals surface area (Å²) in [5, 5.41) is 21.9. The maximum atomic E-state index is 13.4. The summed E-state index contributed by atoms with van der Waals surface area (Å²) in [6, 6.07) is 6.77. The monoisotopic (exact) mass is 614 g/mol. The SMILES string of the molecule is O=CNc1nc(C(=NOC2CCCCC2)C(=O)NC2C(=O)N3C(C(=O)OC(c4ccccc4)[N+](=O)[O-])=CCS[C@H]23)cs1. The van der Waals surface area contributed by atoms with Gasteiger partial charge in [-0.05, 0) is 43.9 Å². The van der Waals surface area contributed by atoms with E-state index in [1.807, 2.05) is 0 Å². The molecule has 1 aromatic heterocycles. The van der Waals surface area contributed by atoms with Crippen molar-refractivity contribution in [3.63, 3.8) is 0 Å². The first-order valence-corrected chi connectivity index (χ1v) is 15.0. The number of hydrogen-bond acceptors (Lipinski definition) is 12. The highest BCUT2D eigenvalue weighted by atomic mass is 32.2. The van der Waals surface area contributed by atoms with Gasteiger partial charge in [0.15, 0.2) is 10.8 Å². The number of fused-ring (bicyclic) bond motifs is 1. The van der Waals surface area contributed by atoms with Crippen LogP contribution in [0.15, 0.2) is 52.6 Å². The number of carbonyl (C=O) groups is 4. The van der Waals surface area contributed by atoms with Gasteiger partial charge in [0.05, 0.1) is 10.5 Å². The first-order valence-electron chi connectivity index (χ1n) is 13.1. The summed E-state index contributed by atoms with van der Waals surface area (Å²) >= 11 is 2.39. The van der Waals surface area contributed by atoms with E-state index in [-0.39, 0.29) is 33.9 Å². The fourth-order valence-corrected chi connectivity index (χ4v) is 6.60. The van der Waals surface area contributed by atoms with Crippen molar-refractivity contribution in [1.29, 1.82) is 0 Å². The number of rotatable bonds is 11. The molecule has 3 amide bonds. The molecular weight excluding hydrogens is 588 g/mol. The number of benzene rings is 1. The van der Waals surface area contributed by atoms with Crippen LogP contribution in [0.3, 0.4) is 0 Å². The highest BCUT2D eigenvalue weighted by Crippen LogP contribution is 2.38. The van der Waals surface area contributed by atoms with Crippen LogP contribution in [-0.4, -0.2) is 68.0 Å². The summed E-state index contributed by atoms with van der Waals surface area (Å²) in [6.45, 7) is 0. The van der Waals surface area contributed by atoms with E-state index in [1.54, 1.807) is 18.2 Å². The second kappa shape index (κ2) is 13.1. The van der Waals surface area contributed by atoms with Crippen molar-refractivity contribution in [2.24, 2.45) is 5.16 Å². The fourth-order valence-electron chi connectivity index (χ4n) is 4.75. The van der Waals surface area contributed by atoms with Gasteiger partial charge in [-0.2, -0.15) is 0 Å². The third-order valence-electron chi connectivity index (χ3n) is 6.83. The standard InChI is InChI=1S/C26H26N6O8S2/c33-14-27-26-28-17(13-42-26)19(30-40-16-9-5-2-6-10-16)21(34)29-20-22(35)31-18(11-12-41-24(20)31)25(36)39-23(32(37)38)15-7-3-1-4-8-15/h1,3-4,7-8,11,13-14,16,20,23-24H,2,5-6,9-10,12H2,(H,29,34)(H,27,28,33)/t20?,23?,24-/m1/s1. The molecule has 42 heavy (non-hydrogen) atoms. The number of anilines is 1. The van der Waals surface area contributed by atoms with Crippen LogP contribution in [0.1, 0.15) is 49.6 Å². The minimum atomic E-state index is -1.75. The lowest BCUT2D eigenvalue weighted by atomic mass is 9.98. The molecule has 14 nitrogen and oxygen atoms in total. The number of thioether (sulfide) groups is 1. The molecule has 1 aliphatic carbocycles. The summed E-state index contributed by atoms with van der Waals surface area (Å²) in [5.41, 5.74) is 0.0490. The smallest absolute Gasteiger partial charge is 0.383 e. The van der Waals surface area contributed by atoms with Gasteiger partial charge in [-0.1, -0.05) is 29.8 Å². The van der Waals surface area contributed by atoms with Gasteiger partial charge in [0.1, 0.15) is 28.9 Å². The zero-order valence-corrected chi connectivity index (χ0v) is 23.7. The summed E-state index contributed by atoms with van der Waals surface area (Å²) in [7, 11) is 0. The molecule has 2 fully saturated rings. The minimum absolute atomic E-state index is 0.129. The molecule has 220 valence electrons. The zero-order chi connectivity index (χ0) is 29.6. The number of ether oxygens (including phenoxy) is 1. The van der Waals surface area contributed by atoms with Gasteiger partial charge in [-0.15, -0.1) is 23.1 Å². The lowest BCUT2D eigenvalue weighted by Crippen LogP contribution is -2.70. The Kier molecular flexibility index (Phi) is 9.12. The molecule has 1 aromatic carbocycles. The number of amides is 3. The molecule has 0 bridgehead atoms. The van der Waals surface area contributed by atoms with Crippen molar-refractivity contribution in [3.8, 4) is 0 Å². The number of hydrogen-bond donors (Lipinski definition) is 2. The quantitative estimate of drug-likeness (QED) is 0.0726. The molecule has 1 saturated carbocycles. The minimum Gasteiger partial charge on any atom is -0.392 e. The predicted molar refractivity (Wildman–Crippen MR) is 152 cm³/mol. The Balaban J connectivity index is 1.29. The van der Waals surface area contributed by atoms with Crippen molar-refractivity contribution in [1.82, 2.24) is 15.2 Å². The molecule has 3 atom stereocenters. The third-order valence-corrected chi connectivity index (χ3v) is 8.78. The van der Waals surface area contributed by atoms with Gasteiger partial charge < -0.3 is 20.2 Å². The Morgan fingerprint density at radius 1 is 1.21 bits per heavy atom. The van der Waals surface area contributed by atoms with Gasteiger partial charge in [0.25, 0.3) is 11.8 Å². The van der Waals surface area contributed by atoms with E-state index in [4.69, 9.17) is 9.57 Å². The van der Waals surface area contributed by atoms with Crippen LogP contribution in [-0.2, 0) is 28.8 Å². The lowest BCUT2D eigenvalue weighted by molar-refractivity contribution is -0.575. The number of thiazole rings is 1. The lowest BCUT2D eigenvalue weighted by Gasteiger charge is -2.48. The molecule has 5 rings (SSSR count). The summed E-state index contributed by atoms with van der Waals surface area (Å²) in [5.74, 6) is -2.03. The second-order valence-corrected chi connectivity index (χ2v) is 11.5. The van der Waals surface area contributed by atoms with Crippen LogP contribution in [0.5, 0.6) is 0 Å². The van der Waals surface area contributed by atoms with E-state index in [0.717, 1.165) is 48.3 Å². The van der Waals surface area contributed by atoms with E-state index in [9.17, 15) is 29.3 Å². The van der Waals surface area contributed by atoms with Gasteiger partial charge in [-0.25, -0.2) is 9.78 Å². The van der Waals surface area contributed by atoms with Crippen LogP contribution in [0, 0.1) is 10.1 Å². The average Bonchev–Trinajstić information content (AvgIpc) is 3.47. The van der Waals surface area contributed by atoms with E-state index < -0.39 is 40.4 Å². The average molecular weight is 615 g/mol. The number of oxime groups is 1. The van der Waals surface area contributed by atoms with Crippen LogP contribution in [0.4, 0.5) is 5.13 Å². The number of nitro groups is 1. The fraction of sp³-hybridized carbons (Fsp3) is 0.385. The Morgan fingerprint density at radius 2 is 1.98 bits per heavy atom. The van der Waals surface area contributed by atoms with Gasteiger partial charge in [-0.3, -0.25) is 29.4 Å². The number of nitrogens with zero attached hydrogens (tertiary/aromatic N) is 4. The Hall–Kier alpha value is -4.31. The van der Waals surface area contributed by atoms with Crippen molar-refractivity contribution < 1.29 is 33.7 Å². The molecule has 2 aromatic rings. The third kappa shape index (κ3) is 6.28. The van der Waals surface area contributed by atoms with Crippen molar-refractivity contribution in [3.05, 3.63) is 68.9 Å². The largest absolute Gasteiger partial charge is 0.392 e. The molecule has 0 spiro atoms. The summed E-state index contributed by atoms with van der Waals surface area (Å²) < 4.78 is 5.19. The first-order chi connectivity index (χ1) is 20.4. The van der Waals surface area contributed by atoms with Gasteiger partial charge in [0.2, 0.25) is 6.41 Å². The van der Waals surface area contributed by atoms with Crippen LogP contribution >= 0.6 is 23.1 Å². The molecule has 16 heteroatoms. The van der Waals surface area contributed by atoms with E-state index in [0.29, 0.717) is 12.2 Å². The molecule has 3 aliphatic rings. The topological polar surface area (TPSA) is 182 Å². The van der Waals surface area contributed by atoms with E-state index in [1.165, 1.54) is 35.4 Å². The number of aromatic nitrogens is 1. The first kappa shape index (κ1) is 29.2. The Labute approximate surface area is 247 Å². The maximum absolute atomic E-state index is 13.4. The molecule has 2 N–H and O–H groups in total. The van der Waals surface area contributed by atoms with E-state index in [2.05, 4.69) is 20.8 Å². The summed E-state index contributed by atoms with van der Waals surface area (Å²) in [4.78, 5) is 72.3. The number of β-lactam (4-membered cyclic amide) rings is 1. The highest BCUT2D eigenvalue weighted by molar-refractivity contribution is 8.00. The summed E-state index contributed by atoms with van der Waals surface area (Å²) in [6.07, 6.45) is 4.70. The molecule has 0 radical (unpaired) electrons. The second-order valence-electron chi connectivity index (χ2n) is 9.53. The molecule has 1 saturated heterocycles. The van der Waals surface area contributed by atoms with Crippen LogP contribution < -0.4 is 10.6 Å². The Bertz CT molecular complexity index is 1420. The normalized spacial score (nSPS) is 21.2. The Morgan fingerprint density at radius 3 is 2.69 bits per heavy atom. The highest BCUT2D eigenvalue weighted by Gasteiger charge is 2.53. The predicted octanol–water partition coefficient (Wildman–Crippen LogP) is 2.57. The maximum Gasteiger partial charge on any atom is 0.383 e. The van der Waals surface area contributed by atoms with Crippen molar-refractivity contribution in [2.75, 3.05) is 11.1 Å². The zero-order valence-electron chi connectivity index (χ0n) is 22.0. The number of carbonyl (C=O) groups excluding carboxylic acids is 4. The van der Waals surface area contributed by atoms with E-state index >= 15 is 0 Å². The van der Waals surface area contributed by atoms with Gasteiger partial charge in [0, 0.05) is 11.1 Å². The van der Waals surface area contributed by atoms with Crippen LogP contribution in [0.25, 0.3) is 0 Å². The molecule has 2 aliphatic heterocycles. The molecule has 2 unspecified atom stereocenters. The number of esters is 1. The molecule has 3 heterocycles. The molecular formula is C26H26N6O8S2. The van der Waals surface area contributed by atoms with Gasteiger partial charge >= 0.3 is 12.2 Å². The van der Waals surface area contributed by atoms with Crippen molar-refractivity contribution in [2.45, 2.75) is 55.9 Å². The number of nitrogens with one attached hydrogen (secondary N) is 2.